The predicted molar refractivity (Wildman–Crippen MR) is 83.4 cm³/mol. The molecule has 1 aromatic rings. The van der Waals surface area contributed by atoms with Crippen LogP contribution in [0.5, 0.6) is 0 Å². The Bertz CT molecular complexity index is 613. The fourth-order valence-corrected chi connectivity index (χ4v) is 2.48. The number of amides is 2. The molecule has 124 valence electrons. The largest absolute Gasteiger partial charge is 0.479 e. The molecule has 7 nitrogen and oxygen atoms in total. The van der Waals surface area contributed by atoms with Crippen LogP contribution in [0, 0.1) is 0 Å². The van der Waals surface area contributed by atoms with Gasteiger partial charge in [-0.2, -0.15) is 0 Å². The number of aliphatic carboxylic acids is 1. The molecule has 1 aliphatic rings. The van der Waals surface area contributed by atoms with Crippen molar-refractivity contribution in [2.45, 2.75) is 25.3 Å². The predicted octanol–water partition coefficient (Wildman–Crippen LogP) is 1.03. The highest BCUT2D eigenvalue weighted by Gasteiger charge is 2.35. The van der Waals surface area contributed by atoms with Crippen molar-refractivity contribution in [3.05, 3.63) is 29.8 Å². The van der Waals surface area contributed by atoms with Gasteiger partial charge in [0, 0.05) is 31.3 Å². The van der Waals surface area contributed by atoms with Gasteiger partial charge in [0.2, 0.25) is 5.91 Å². The highest BCUT2D eigenvalue weighted by atomic mass is 16.5. The third-order valence-corrected chi connectivity index (χ3v) is 3.81. The zero-order valence-corrected chi connectivity index (χ0v) is 13.2. The summed E-state index contributed by atoms with van der Waals surface area (Å²) in [6, 6.07) is 6.52. The van der Waals surface area contributed by atoms with Crippen LogP contribution in [0.15, 0.2) is 24.3 Å². The van der Waals surface area contributed by atoms with Crippen LogP contribution < -0.4 is 10.2 Å². The Morgan fingerprint density at radius 3 is 2.48 bits per heavy atom. The topological polar surface area (TPSA) is 95.9 Å². The third kappa shape index (κ3) is 3.68. The van der Waals surface area contributed by atoms with E-state index >= 15 is 0 Å². The molecule has 23 heavy (non-hydrogen) atoms. The molecule has 7 heteroatoms. The lowest BCUT2D eigenvalue weighted by molar-refractivity contribution is -0.145. The molecule has 0 spiro atoms. The Balaban J connectivity index is 2.11. The summed E-state index contributed by atoms with van der Waals surface area (Å²) in [7, 11) is 1.37. The maximum absolute atomic E-state index is 12.2. The minimum atomic E-state index is -1.50. The summed E-state index contributed by atoms with van der Waals surface area (Å²) < 4.78 is 4.86. The molecule has 0 saturated carbocycles. The van der Waals surface area contributed by atoms with Crippen LogP contribution in [0.3, 0.4) is 0 Å². The minimum Gasteiger partial charge on any atom is -0.479 e. The van der Waals surface area contributed by atoms with Gasteiger partial charge in [-0.25, -0.2) is 4.79 Å². The van der Waals surface area contributed by atoms with E-state index in [9.17, 15) is 19.5 Å². The summed E-state index contributed by atoms with van der Waals surface area (Å²) in [5.41, 5.74) is -0.444. The number of benzene rings is 1. The number of hydrogen-bond acceptors (Lipinski definition) is 4. The van der Waals surface area contributed by atoms with Gasteiger partial charge in [-0.05, 0) is 37.6 Å². The number of carboxylic acids is 1. The quantitative estimate of drug-likeness (QED) is 0.816. The van der Waals surface area contributed by atoms with E-state index in [1.807, 2.05) is 0 Å². The Hall–Kier alpha value is -2.41. The fourth-order valence-electron chi connectivity index (χ4n) is 2.48. The lowest BCUT2D eigenvalue weighted by atomic mass is 10.0. The highest BCUT2D eigenvalue weighted by molar-refractivity contribution is 5.99. The lowest BCUT2D eigenvalue weighted by Gasteiger charge is -2.25. The first-order valence-corrected chi connectivity index (χ1v) is 7.32. The molecule has 1 aromatic carbocycles. The van der Waals surface area contributed by atoms with Gasteiger partial charge >= 0.3 is 5.97 Å². The summed E-state index contributed by atoms with van der Waals surface area (Å²) in [5, 5.41) is 11.7. The number of nitrogens with one attached hydrogen (secondary N) is 1. The number of methoxy groups -OCH3 is 1. The Kier molecular flexibility index (Phi) is 5.00. The number of rotatable bonds is 6. The molecular formula is C16H20N2O5. The maximum atomic E-state index is 12.2. The van der Waals surface area contributed by atoms with Crippen LogP contribution >= 0.6 is 0 Å². The van der Waals surface area contributed by atoms with Crippen molar-refractivity contribution in [2.75, 3.05) is 25.2 Å². The van der Waals surface area contributed by atoms with Gasteiger partial charge in [-0.15, -0.1) is 0 Å². The lowest BCUT2D eigenvalue weighted by Crippen LogP contribution is -2.55. The molecule has 1 fully saturated rings. The highest BCUT2D eigenvalue weighted by Crippen LogP contribution is 2.21. The molecule has 0 radical (unpaired) electrons. The van der Waals surface area contributed by atoms with E-state index in [4.69, 9.17) is 4.74 Å². The van der Waals surface area contributed by atoms with E-state index in [1.54, 1.807) is 29.2 Å². The van der Waals surface area contributed by atoms with Gasteiger partial charge in [0.1, 0.15) is 0 Å². The fraction of sp³-hybridized carbons (Fsp3) is 0.438. The summed E-state index contributed by atoms with van der Waals surface area (Å²) in [4.78, 5) is 36.9. The van der Waals surface area contributed by atoms with Gasteiger partial charge < -0.3 is 20.1 Å². The molecule has 1 unspecified atom stereocenters. The molecule has 1 atom stereocenters. The van der Waals surface area contributed by atoms with Crippen molar-refractivity contribution in [3.63, 3.8) is 0 Å². The number of hydrogen-bond donors (Lipinski definition) is 2. The second-order valence-corrected chi connectivity index (χ2v) is 5.72. The molecule has 1 aliphatic heterocycles. The summed E-state index contributed by atoms with van der Waals surface area (Å²) in [6.45, 7) is 1.91. The Morgan fingerprint density at radius 1 is 1.35 bits per heavy atom. The first kappa shape index (κ1) is 17.0. The monoisotopic (exact) mass is 320 g/mol. The standard InChI is InChI=1S/C16H20N2O5/c1-16(10-23-2,15(21)22)17-14(20)11-5-7-12(8-6-11)18-9-3-4-13(18)19/h5-8H,3-4,9-10H2,1-2H3,(H,17,20)(H,21,22). The first-order chi connectivity index (χ1) is 10.9. The number of nitrogens with zero attached hydrogens (tertiary/aromatic N) is 1. The molecule has 2 rings (SSSR count). The van der Waals surface area contributed by atoms with Crippen LogP contribution in [-0.2, 0) is 14.3 Å². The van der Waals surface area contributed by atoms with E-state index < -0.39 is 17.4 Å². The minimum absolute atomic E-state index is 0.0701. The van der Waals surface area contributed by atoms with Crippen molar-refractivity contribution in [1.29, 1.82) is 0 Å². The number of carbonyl (C=O) groups excluding carboxylic acids is 2. The number of carboxylic acid groups (broad SMARTS) is 1. The summed E-state index contributed by atoms with van der Waals surface area (Å²) in [5.74, 6) is -1.61. The second kappa shape index (κ2) is 6.78. The van der Waals surface area contributed by atoms with Crippen LogP contribution in [0.2, 0.25) is 0 Å². The van der Waals surface area contributed by atoms with Gasteiger partial charge in [-0.3, -0.25) is 9.59 Å². The van der Waals surface area contributed by atoms with E-state index in [0.717, 1.165) is 12.1 Å². The van der Waals surface area contributed by atoms with Crippen molar-refractivity contribution in [1.82, 2.24) is 5.32 Å². The van der Waals surface area contributed by atoms with Crippen molar-refractivity contribution in [3.8, 4) is 0 Å². The molecular weight excluding hydrogens is 300 g/mol. The maximum Gasteiger partial charge on any atom is 0.331 e. The SMILES string of the molecule is COCC(C)(NC(=O)c1ccc(N2CCCC2=O)cc1)C(=O)O. The third-order valence-electron chi connectivity index (χ3n) is 3.81. The van der Waals surface area contributed by atoms with Crippen molar-refractivity contribution < 1.29 is 24.2 Å². The molecule has 2 amide bonds. The molecule has 1 saturated heterocycles. The second-order valence-electron chi connectivity index (χ2n) is 5.72. The Labute approximate surface area is 134 Å². The molecule has 2 N–H and O–H groups in total. The molecule has 0 bridgehead atoms. The van der Waals surface area contributed by atoms with E-state index in [-0.39, 0.29) is 12.5 Å². The normalized spacial score (nSPS) is 17.0. The smallest absolute Gasteiger partial charge is 0.331 e. The van der Waals surface area contributed by atoms with E-state index in [1.165, 1.54) is 14.0 Å². The number of ether oxygens (including phenoxy) is 1. The average Bonchev–Trinajstić information content (AvgIpc) is 2.93. The van der Waals surface area contributed by atoms with Crippen LogP contribution in [0.25, 0.3) is 0 Å². The van der Waals surface area contributed by atoms with E-state index in [0.29, 0.717) is 18.5 Å². The zero-order chi connectivity index (χ0) is 17.0. The van der Waals surface area contributed by atoms with Crippen LogP contribution in [0.4, 0.5) is 5.69 Å². The molecule has 1 heterocycles. The van der Waals surface area contributed by atoms with Gasteiger partial charge in [0.25, 0.3) is 5.91 Å². The zero-order valence-electron chi connectivity index (χ0n) is 13.2. The number of carbonyl (C=O) groups is 3. The summed E-state index contributed by atoms with van der Waals surface area (Å²) >= 11 is 0. The van der Waals surface area contributed by atoms with Gasteiger partial charge in [0.05, 0.1) is 6.61 Å². The molecule has 0 aliphatic carbocycles. The molecule has 0 aromatic heterocycles. The van der Waals surface area contributed by atoms with Gasteiger partial charge in [-0.1, -0.05) is 0 Å². The van der Waals surface area contributed by atoms with Crippen LogP contribution in [-0.4, -0.2) is 48.7 Å². The number of anilines is 1. The van der Waals surface area contributed by atoms with Gasteiger partial charge in [0.15, 0.2) is 5.54 Å². The van der Waals surface area contributed by atoms with Crippen molar-refractivity contribution >= 4 is 23.5 Å². The van der Waals surface area contributed by atoms with E-state index in [2.05, 4.69) is 5.32 Å². The summed E-state index contributed by atoms with van der Waals surface area (Å²) in [6.07, 6.45) is 1.37. The van der Waals surface area contributed by atoms with Crippen molar-refractivity contribution in [2.24, 2.45) is 0 Å². The van der Waals surface area contributed by atoms with Crippen LogP contribution in [0.1, 0.15) is 30.1 Å². The Morgan fingerprint density at radius 2 is 2.00 bits per heavy atom. The average molecular weight is 320 g/mol. The first-order valence-electron chi connectivity index (χ1n) is 7.32.